The van der Waals surface area contributed by atoms with E-state index in [1.807, 2.05) is 0 Å². The third-order valence-electron chi connectivity index (χ3n) is 4.68. The summed E-state index contributed by atoms with van der Waals surface area (Å²) in [5.74, 6) is 6.22. The molecule has 0 aliphatic heterocycles. The molecule has 200 valence electrons. The van der Waals surface area contributed by atoms with Crippen molar-refractivity contribution in [3.63, 3.8) is 0 Å². The molecule has 0 saturated heterocycles. The predicted molar refractivity (Wildman–Crippen MR) is 139 cm³/mol. The van der Waals surface area contributed by atoms with Crippen LogP contribution in [0, 0.1) is 17.7 Å². The summed E-state index contributed by atoms with van der Waals surface area (Å²) in [4.78, 5) is 32.0. The van der Waals surface area contributed by atoms with Gasteiger partial charge in [0.15, 0.2) is 0 Å². The number of rotatable bonds is 11. The lowest BCUT2D eigenvalue weighted by Crippen LogP contribution is -2.36. The van der Waals surface area contributed by atoms with Crippen molar-refractivity contribution in [2.45, 2.75) is 58.2 Å². The van der Waals surface area contributed by atoms with Crippen LogP contribution >= 0.6 is 0 Å². The smallest absolute Gasteiger partial charge is 0.407 e. The van der Waals surface area contributed by atoms with Crippen LogP contribution in [0.5, 0.6) is 0 Å². The molecule has 1 atom stereocenters. The number of hydrogen-bond donors (Lipinski definition) is 4. The molecule has 0 radical (unpaired) electrons. The standard InChI is InChI=1S/C26H34F2N6O3/c1-26(2,3)37-25(36)32-17-20(28)12-13-22(35)30-14-7-5-6-9-18-16-31-24(34-23(18)29-4)33-21-11-8-10-19(27)15-21/h8,10-11,15-16,20H,5,7,12-14,17H2,1-4H3,(H,30,35)(H,32,36)(H2,29,31,33,34)/t20-/m0/s1. The van der Waals surface area contributed by atoms with E-state index in [0.29, 0.717) is 42.4 Å². The van der Waals surface area contributed by atoms with E-state index >= 15 is 0 Å². The molecule has 1 heterocycles. The summed E-state index contributed by atoms with van der Waals surface area (Å²) in [6.07, 6.45) is 0.694. The van der Waals surface area contributed by atoms with E-state index in [-0.39, 0.29) is 31.1 Å². The van der Waals surface area contributed by atoms with Gasteiger partial charge in [-0.05, 0) is 51.8 Å². The number of amides is 2. The van der Waals surface area contributed by atoms with E-state index in [4.69, 9.17) is 4.74 Å². The third kappa shape index (κ3) is 12.0. The van der Waals surface area contributed by atoms with Gasteiger partial charge in [-0.3, -0.25) is 4.79 Å². The highest BCUT2D eigenvalue weighted by atomic mass is 19.1. The first-order valence-electron chi connectivity index (χ1n) is 12.0. The summed E-state index contributed by atoms with van der Waals surface area (Å²) < 4.78 is 32.3. The molecule has 37 heavy (non-hydrogen) atoms. The summed E-state index contributed by atoms with van der Waals surface area (Å²) in [6.45, 7) is 5.35. The number of halogens is 2. The average Bonchev–Trinajstić information content (AvgIpc) is 2.83. The maximum absolute atomic E-state index is 13.9. The first-order valence-corrected chi connectivity index (χ1v) is 12.0. The Morgan fingerprint density at radius 1 is 1.22 bits per heavy atom. The Hall–Kier alpha value is -3.94. The van der Waals surface area contributed by atoms with Crippen LogP contribution in [-0.2, 0) is 9.53 Å². The van der Waals surface area contributed by atoms with E-state index < -0.39 is 17.9 Å². The second kappa shape index (κ2) is 14.6. The predicted octanol–water partition coefficient (Wildman–Crippen LogP) is 4.29. The Kier molecular flexibility index (Phi) is 11.5. The number of ether oxygens (including phenoxy) is 1. The minimum atomic E-state index is -1.34. The number of nitrogens with one attached hydrogen (secondary N) is 4. The van der Waals surface area contributed by atoms with Gasteiger partial charge in [-0.25, -0.2) is 18.6 Å². The highest BCUT2D eigenvalue weighted by Crippen LogP contribution is 2.17. The van der Waals surface area contributed by atoms with Gasteiger partial charge in [-0.1, -0.05) is 17.9 Å². The Bertz CT molecular complexity index is 1110. The first-order chi connectivity index (χ1) is 17.6. The van der Waals surface area contributed by atoms with E-state index in [1.165, 1.54) is 12.1 Å². The number of alkyl carbamates (subject to hydrolysis) is 1. The minimum absolute atomic E-state index is 0.00169. The molecule has 1 aromatic heterocycles. The molecule has 9 nitrogen and oxygen atoms in total. The van der Waals surface area contributed by atoms with Crippen LogP contribution in [0.3, 0.4) is 0 Å². The fourth-order valence-corrected chi connectivity index (χ4v) is 2.97. The number of carbonyl (C=O) groups excluding carboxylic acids is 2. The van der Waals surface area contributed by atoms with Gasteiger partial charge in [0.25, 0.3) is 0 Å². The van der Waals surface area contributed by atoms with Gasteiger partial charge in [0, 0.05) is 32.1 Å². The molecule has 0 bridgehead atoms. The molecule has 1 aromatic carbocycles. The second-order valence-corrected chi connectivity index (χ2v) is 9.12. The maximum Gasteiger partial charge on any atom is 0.407 e. The summed E-state index contributed by atoms with van der Waals surface area (Å²) in [7, 11) is 1.71. The van der Waals surface area contributed by atoms with Crippen molar-refractivity contribution < 1.29 is 23.1 Å². The van der Waals surface area contributed by atoms with E-state index in [1.54, 1.807) is 46.1 Å². The monoisotopic (exact) mass is 516 g/mol. The normalized spacial score (nSPS) is 11.5. The van der Waals surface area contributed by atoms with Gasteiger partial charge < -0.3 is 26.0 Å². The maximum atomic E-state index is 13.9. The Labute approximate surface area is 216 Å². The van der Waals surface area contributed by atoms with Crippen LogP contribution in [0.15, 0.2) is 30.5 Å². The molecule has 0 aliphatic rings. The summed E-state index contributed by atoms with van der Waals surface area (Å²) >= 11 is 0. The molecule has 0 aliphatic carbocycles. The SMILES string of the molecule is CNc1nc(Nc2cccc(F)c2)ncc1C#CCCCNC(=O)CC[C@H](F)CNC(=O)OC(C)(C)C. The van der Waals surface area contributed by atoms with Gasteiger partial charge in [-0.2, -0.15) is 4.98 Å². The fraction of sp³-hybridized carbons (Fsp3) is 0.462. The number of unbranched alkanes of at least 4 members (excludes halogenated alkanes) is 1. The fourth-order valence-electron chi connectivity index (χ4n) is 2.97. The van der Waals surface area contributed by atoms with Gasteiger partial charge in [-0.15, -0.1) is 0 Å². The number of benzene rings is 1. The van der Waals surface area contributed by atoms with Crippen molar-refractivity contribution >= 4 is 29.5 Å². The second-order valence-electron chi connectivity index (χ2n) is 9.12. The quantitative estimate of drug-likeness (QED) is 0.260. The van der Waals surface area contributed by atoms with Crippen LogP contribution in [0.4, 0.5) is 31.0 Å². The number of hydrogen-bond acceptors (Lipinski definition) is 7. The summed E-state index contributed by atoms with van der Waals surface area (Å²) in [5.41, 5.74) is 0.476. The molecule has 2 rings (SSSR count). The number of nitrogens with zero attached hydrogens (tertiary/aromatic N) is 2. The van der Waals surface area contributed by atoms with Crippen molar-refractivity contribution in [2.24, 2.45) is 0 Å². The van der Waals surface area contributed by atoms with E-state index in [9.17, 15) is 18.4 Å². The number of carbonyl (C=O) groups is 2. The first kappa shape index (κ1) is 29.3. The van der Waals surface area contributed by atoms with Crippen LogP contribution in [0.25, 0.3) is 0 Å². The lowest BCUT2D eigenvalue weighted by molar-refractivity contribution is -0.121. The van der Waals surface area contributed by atoms with Crippen LogP contribution in [0.2, 0.25) is 0 Å². The average molecular weight is 517 g/mol. The van der Waals surface area contributed by atoms with E-state index in [2.05, 4.69) is 43.1 Å². The molecule has 2 aromatic rings. The lowest BCUT2D eigenvalue weighted by Gasteiger charge is -2.20. The topological polar surface area (TPSA) is 117 Å². The summed E-state index contributed by atoms with van der Waals surface area (Å²) in [5, 5.41) is 11.0. The third-order valence-corrected chi connectivity index (χ3v) is 4.68. The van der Waals surface area contributed by atoms with Crippen molar-refractivity contribution in [3.8, 4) is 11.8 Å². The zero-order chi connectivity index (χ0) is 27.3. The van der Waals surface area contributed by atoms with Crippen molar-refractivity contribution in [3.05, 3.63) is 41.8 Å². The van der Waals surface area contributed by atoms with Gasteiger partial charge in [0.1, 0.15) is 23.4 Å². The Morgan fingerprint density at radius 3 is 2.70 bits per heavy atom. The highest BCUT2D eigenvalue weighted by Gasteiger charge is 2.17. The molecule has 0 fully saturated rings. The molecular formula is C26H34F2N6O3. The van der Waals surface area contributed by atoms with Crippen LogP contribution < -0.4 is 21.3 Å². The van der Waals surface area contributed by atoms with Crippen LogP contribution in [-0.4, -0.2) is 53.9 Å². The van der Waals surface area contributed by atoms with Crippen molar-refractivity contribution in [2.75, 3.05) is 30.8 Å². The largest absolute Gasteiger partial charge is 0.444 e. The molecule has 0 saturated carbocycles. The zero-order valence-corrected chi connectivity index (χ0v) is 21.6. The Balaban J connectivity index is 1.68. The summed E-state index contributed by atoms with van der Waals surface area (Å²) in [6, 6.07) is 5.99. The van der Waals surface area contributed by atoms with Crippen molar-refractivity contribution in [1.82, 2.24) is 20.6 Å². The molecule has 2 amide bonds. The zero-order valence-electron chi connectivity index (χ0n) is 21.6. The van der Waals surface area contributed by atoms with E-state index in [0.717, 1.165) is 0 Å². The Morgan fingerprint density at radius 2 is 2.00 bits per heavy atom. The van der Waals surface area contributed by atoms with Crippen LogP contribution in [0.1, 0.15) is 52.0 Å². The number of anilines is 3. The molecule has 0 spiro atoms. The van der Waals surface area contributed by atoms with Gasteiger partial charge in [0.05, 0.1) is 18.3 Å². The van der Waals surface area contributed by atoms with Gasteiger partial charge in [0.2, 0.25) is 11.9 Å². The highest BCUT2D eigenvalue weighted by molar-refractivity contribution is 5.75. The molecule has 4 N–H and O–H groups in total. The van der Waals surface area contributed by atoms with Crippen molar-refractivity contribution in [1.29, 1.82) is 0 Å². The molecule has 11 heteroatoms. The molecule has 0 unspecified atom stereocenters. The van der Waals surface area contributed by atoms with Gasteiger partial charge >= 0.3 is 6.09 Å². The minimum Gasteiger partial charge on any atom is -0.444 e. The number of alkyl halides is 1. The molecular weight excluding hydrogens is 482 g/mol. The lowest BCUT2D eigenvalue weighted by atomic mass is 10.2. The number of aromatic nitrogens is 2.